The van der Waals surface area contributed by atoms with E-state index in [9.17, 15) is 18.4 Å². The third kappa shape index (κ3) is 4.37. The summed E-state index contributed by atoms with van der Waals surface area (Å²) in [6.07, 6.45) is 0.656. The molecule has 1 atom stereocenters. The number of hydrogen-bond acceptors (Lipinski definition) is 4. The van der Waals surface area contributed by atoms with Crippen molar-refractivity contribution in [3.8, 4) is 0 Å². The van der Waals surface area contributed by atoms with Crippen LogP contribution in [0.5, 0.6) is 0 Å². The van der Waals surface area contributed by atoms with E-state index in [1.807, 2.05) is 0 Å². The maximum atomic E-state index is 14.9. The van der Waals surface area contributed by atoms with Crippen LogP contribution in [0.1, 0.15) is 27.9 Å². The molecule has 2 aliphatic rings. The molecule has 32 heavy (non-hydrogen) atoms. The molecule has 0 saturated carbocycles. The van der Waals surface area contributed by atoms with Gasteiger partial charge in [0.05, 0.1) is 15.6 Å². The molecule has 1 fully saturated rings. The molecule has 6 nitrogen and oxygen atoms in total. The number of halogens is 5. The van der Waals surface area contributed by atoms with Gasteiger partial charge in [0.2, 0.25) is 0 Å². The van der Waals surface area contributed by atoms with Crippen molar-refractivity contribution in [1.29, 1.82) is 0 Å². The molecule has 0 spiro atoms. The number of nitrogens with zero attached hydrogens (tertiary/aromatic N) is 1. The first kappa shape index (κ1) is 24.5. The van der Waals surface area contributed by atoms with Gasteiger partial charge in [-0.3, -0.25) is 9.59 Å². The number of fused-ring (bicyclic) bond motifs is 1. The minimum Gasteiger partial charge on any atom is -0.480 e. The van der Waals surface area contributed by atoms with E-state index in [0.29, 0.717) is 19.5 Å². The highest BCUT2D eigenvalue weighted by atomic mass is 35.5. The Morgan fingerprint density at radius 3 is 2.66 bits per heavy atom. The molecule has 2 heterocycles. The van der Waals surface area contributed by atoms with Crippen LogP contribution in [0.15, 0.2) is 24.3 Å². The number of hydrogen-bond donors (Lipinski definition) is 3. The molecular formula is C21H20Cl3F2N3O3. The second-order valence-corrected chi connectivity index (χ2v) is 8.49. The number of carboxylic acid groups (broad SMARTS) is 1. The van der Waals surface area contributed by atoms with E-state index in [0.717, 1.165) is 4.90 Å². The SMILES string of the molecule is Cl.O=C(O)CN1CCc2c(F)cc(N[C@]3(c4c(F)ccc(Cl)c4Cl)CCNC3)cc2C1=O. The molecule has 2 aromatic rings. The summed E-state index contributed by atoms with van der Waals surface area (Å²) in [5.74, 6) is -2.83. The van der Waals surface area contributed by atoms with Crippen molar-refractivity contribution in [3.63, 3.8) is 0 Å². The summed E-state index contributed by atoms with van der Waals surface area (Å²) in [4.78, 5) is 24.9. The largest absolute Gasteiger partial charge is 0.480 e. The summed E-state index contributed by atoms with van der Waals surface area (Å²) in [5.41, 5.74) is -0.244. The Kier molecular flexibility index (Phi) is 7.19. The zero-order chi connectivity index (χ0) is 22.3. The Morgan fingerprint density at radius 2 is 2.00 bits per heavy atom. The lowest BCUT2D eigenvalue weighted by molar-refractivity contribution is -0.137. The van der Waals surface area contributed by atoms with Gasteiger partial charge in [-0.1, -0.05) is 23.2 Å². The lowest BCUT2D eigenvalue weighted by Crippen LogP contribution is -2.42. The second-order valence-electron chi connectivity index (χ2n) is 7.71. The normalized spacial score (nSPS) is 20.0. The number of nitrogens with one attached hydrogen (secondary N) is 2. The number of benzene rings is 2. The van der Waals surface area contributed by atoms with Gasteiger partial charge in [0.1, 0.15) is 18.2 Å². The van der Waals surface area contributed by atoms with Gasteiger partial charge in [0.25, 0.3) is 5.91 Å². The summed E-state index contributed by atoms with van der Waals surface area (Å²) in [6.45, 7) is 0.531. The van der Waals surface area contributed by atoms with E-state index < -0.39 is 35.6 Å². The monoisotopic (exact) mass is 505 g/mol. The minimum absolute atomic E-state index is 0. The maximum Gasteiger partial charge on any atom is 0.323 e. The number of carboxylic acids is 1. The van der Waals surface area contributed by atoms with Gasteiger partial charge >= 0.3 is 5.97 Å². The Labute approximate surface area is 199 Å². The van der Waals surface area contributed by atoms with Crippen molar-refractivity contribution in [3.05, 3.63) is 62.6 Å². The van der Waals surface area contributed by atoms with E-state index in [1.54, 1.807) is 0 Å². The van der Waals surface area contributed by atoms with Gasteiger partial charge < -0.3 is 20.6 Å². The van der Waals surface area contributed by atoms with Gasteiger partial charge in [-0.2, -0.15) is 0 Å². The van der Waals surface area contributed by atoms with Gasteiger partial charge in [-0.05, 0) is 43.7 Å². The predicted molar refractivity (Wildman–Crippen MR) is 120 cm³/mol. The van der Waals surface area contributed by atoms with Crippen LogP contribution in [0.2, 0.25) is 10.0 Å². The third-order valence-electron chi connectivity index (χ3n) is 5.73. The topological polar surface area (TPSA) is 81.7 Å². The van der Waals surface area contributed by atoms with Crippen LogP contribution < -0.4 is 10.6 Å². The fourth-order valence-corrected chi connectivity index (χ4v) is 4.79. The number of carbonyl (C=O) groups is 2. The highest BCUT2D eigenvalue weighted by molar-refractivity contribution is 6.42. The number of rotatable bonds is 5. The van der Waals surface area contributed by atoms with Gasteiger partial charge in [0.15, 0.2) is 0 Å². The van der Waals surface area contributed by atoms with E-state index in [1.165, 1.54) is 24.3 Å². The molecule has 11 heteroatoms. The Hall–Kier alpha value is -2.13. The number of anilines is 1. The molecule has 172 valence electrons. The fraction of sp³-hybridized carbons (Fsp3) is 0.333. The zero-order valence-corrected chi connectivity index (χ0v) is 19.0. The van der Waals surface area contributed by atoms with Crippen LogP contribution in [-0.2, 0) is 16.8 Å². The zero-order valence-electron chi connectivity index (χ0n) is 16.7. The van der Waals surface area contributed by atoms with E-state index in [4.69, 9.17) is 28.3 Å². The fourth-order valence-electron chi connectivity index (χ4n) is 4.30. The number of aliphatic carboxylic acids is 1. The summed E-state index contributed by atoms with van der Waals surface area (Å²) < 4.78 is 29.7. The molecular weight excluding hydrogens is 487 g/mol. The summed E-state index contributed by atoms with van der Waals surface area (Å²) in [5, 5.41) is 15.6. The van der Waals surface area contributed by atoms with Gasteiger partial charge in [-0.25, -0.2) is 8.78 Å². The molecule has 1 amide bonds. The van der Waals surface area contributed by atoms with E-state index in [2.05, 4.69) is 10.6 Å². The van der Waals surface area contributed by atoms with Gasteiger partial charge in [-0.15, -0.1) is 12.4 Å². The Morgan fingerprint density at radius 1 is 1.25 bits per heavy atom. The third-order valence-corrected chi connectivity index (χ3v) is 6.54. The average Bonchev–Trinajstić information content (AvgIpc) is 3.16. The van der Waals surface area contributed by atoms with Crippen molar-refractivity contribution >= 4 is 53.2 Å². The van der Waals surface area contributed by atoms with Gasteiger partial charge in [0, 0.05) is 35.5 Å². The highest BCUT2D eigenvalue weighted by Crippen LogP contribution is 2.41. The molecule has 4 rings (SSSR count). The first-order chi connectivity index (χ1) is 14.7. The summed E-state index contributed by atoms with van der Waals surface area (Å²) >= 11 is 12.5. The van der Waals surface area contributed by atoms with Crippen molar-refractivity contribution in [2.75, 3.05) is 31.5 Å². The van der Waals surface area contributed by atoms with Crippen LogP contribution in [0.25, 0.3) is 0 Å². The van der Waals surface area contributed by atoms with Crippen LogP contribution in [0, 0.1) is 11.6 Å². The second kappa shape index (κ2) is 9.39. The maximum absolute atomic E-state index is 14.9. The van der Waals surface area contributed by atoms with E-state index >= 15 is 0 Å². The Bertz CT molecular complexity index is 1080. The smallest absolute Gasteiger partial charge is 0.323 e. The molecule has 3 N–H and O–H groups in total. The first-order valence-corrected chi connectivity index (χ1v) is 10.4. The van der Waals surface area contributed by atoms with Crippen LogP contribution >= 0.6 is 35.6 Å². The quantitative estimate of drug-likeness (QED) is 0.533. The Balaban J connectivity index is 0.00000289. The van der Waals surface area contributed by atoms with Crippen molar-refractivity contribution in [2.45, 2.75) is 18.4 Å². The van der Waals surface area contributed by atoms with Crippen LogP contribution in [-0.4, -0.2) is 48.1 Å². The van der Waals surface area contributed by atoms with Crippen molar-refractivity contribution in [2.24, 2.45) is 0 Å². The molecule has 1 saturated heterocycles. The summed E-state index contributed by atoms with van der Waals surface area (Å²) in [7, 11) is 0. The molecule has 0 unspecified atom stereocenters. The molecule has 0 aliphatic carbocycles. The number of amides is 1. The van der Waals surface area contributed by atoms with Crippen molar-refractivity contribution < 1.29 is 23.5 Å². The van der Waals surface area contributed by atoms with Crippen LogP contribution in [0.3, 0.4) is 0 Å². The highest BCUT2D eigenvalue weighted by Gasteiger charge is 2.40. The lowest BCUT2D eigenvalue weighted by atomic mass is 9.87. The average molecular weight is 507 g/mol. The lowest BCUT2D eigenvalue weighted by Gasteiger charge is -2.34. The predicted octanol–water partition coefficient (Wildman–Crippen LogP) is 4.08. The minimum atomic E-state index is -1.14. The van der Waals surface area contributed by atoms with E-state index in [-0.39, 0.29) is 57.8 Å². The number of carbonyl (C=O) groups excluding carboxylic acids is 1. The summed E-state index contributed by atoms with van der Waals surface area (Å²) in [6, 6.07) is 5.33. The molecule has 2 aliphatic heterocycles. The first-order valence-electron chi connectivity index (χ1n) is 9.68. The standard InChI is InChI=1S/C21H19Cl2F2N3O3.ClH/c22-14-1-2-15(24)18(19(14)23)21(4-5-26-10-21)27-11-7-13-12(16(25)8-11)3-6-28(20(13)31)9-17(29)30;/h1-2,7-8,26-27H,3-6,9-10H2,(H,29,30);1H/t21-;/m1./s1. The molecule has 0 radical (unpaired) electrons. The molecule has 0 bridgehead atoms. The van der Waals surface area contributed by atoms with Crippen molar-refractivity contribution in [1.82, 2.24) is 10.2 Å². The molecule has 0 aromatic heterocycles. The van der Waals surface area contributed by atoms with Crippen LogP contribution in [0.4, 0.5) is 14.5 Å². The molecule has 2 aromatic carbocycles.